The van der Waals surface area contributed by atoms with Gasteiger partial charge in [-0.2, -0.15) is 0 Å². The fourth-order valence-corrected chi connectivity index (χ4v) is 4.42. The molecule has 2 aliphatic rings. The van der Waals surface area contributed by atoms with E-state index in [4.69, 9.17) is 0 Å². The van der Waals surface area contributed by atoms with Gasteiger partial charge in [-0.15, -0.1) is 0 Å². The van der Waals surface area contributed by atoms with Crippen molar-refractivity contribution < 1.29 is 9.59 Å². The summed E-state index contributed by atoms with van der Waals surface area (Å²) < 4.78 is 0. The first-order valence-corrected chi connectivity index (χ1v) is 11.2. The number of nitrogens with one attached hydrogen (secondary N) is 1. The van der Waals surface area contributed by atoms with Crippen LogP contribution in [0.3, 0.4) is 0 Å². The average molecular weight is 422 g/mol. The third-order valence-corrected chi connectivity index (χ3v) is 6.20. The molecule has 31 heavy (non-hydrogen) atoms. The Balaban J connectivity index is 1.20. The van der Waals surface area contributed by atoms with Crippen LogP contribution in [-0.2, 0) is 4.79 Å². The van der Waals surface area contributed by atoms with Crippen LogP contribution in [0, 0.1) is 5.92 Å². The third kappa shape index (κ3) is 5.75. The molecule has 1 N–H and O–H groups in total. The minimum Gasteiger partial charge on any atom is -0.353 e. The first-order valence-electron chi connectivity index (χ1n) is 11.2. The lowest BCUT2D eigenvalue weighted by atomic mass is 9.93. The summed E-state index contributed by atoms with van der Waals surface area (Å²) in [6.07, 6.45) is 5.27. The standard InChI is InChI=1S/C24H31N5O2/c30-23(28-17-15-27(16-18-28)22-10-4-5-13-25-22)12-11-20-7-6-14-29(19-20)24(31)26-21-8-2-1-3-9-21/h1-5,8-10,13,20H,6-7,11-12,14-19H2,(H,26,31)/t20-/m0/s1. The molecule has 7 nitrogen and oxygen atoms in total. The Morgan fingerprint density at radius 3 is 2.45 bits per heavy atom. The number of benzene rings is 1. The minimum atomic E-state index is -0.0483. The molecule has 0 unspecified atom stereocenters. The highest BCUT2D eigenvalue weighted by Crippen LogP contribution is 2.23. The number of amides is 3. The van der Waals surface area contributed by atoms with Crippen molar-refractivity contribution in [2.75, 3.05) is 49.5 Å². The number of carbonyl (C=O) groups excluding carboxylic acids is 2. The Kier molecular flexibility index (Phi) is 7.02. The Morgan fingerprint density at radius 1 is 0.935 bits per heavy atom. The van der Waals surface area contributed by atoms with Gasteiger partial charge in [-0.1, -0.05) is 24.3 Å². The number of rotatable bonds is 5. The number of hydrogen-bond acceptors (Lipinski definition) is 4. The predicted octanol–water partition coefficient (Wildman–Crippen LogP) is 3.45. The topological polar surface area (TPSA) is 68.8 Å². The number of hydrogen-bond donors (Lipinski definition) is 1. The summed E-state index contributed by atoms with van der Waals surface area (Å²) in [5.41, 5.74) is 0.814. The van der Waals surface area contributed by atoms with Gasteiger partial charge in [0.15, 0.2) is 0 Å². The third-order valence-electron chi connectivity index (χ3n) is 6.20. The SMILES string of the molecule is O=C(CC[C@@H]1CCCN(C(=O)Nc2ccccc2)C1)N1CCN(c2ccccn2)CC1. The van der Waals surface area contributed by atoms with E-state index >= 15 is 0 Å². The number of aromatic nitrogens is 1. The van der Waals surface area contributed by atoms with Crippen LogP contribution in [0.2, 0.25) is 0 Å². The Bertz CT molecular complexity index is 853. The van der Waals surface area contributed by atoms with E-state index in [-0.39, 0.29) is 11.9 Å². The molecule has 1 aromatic heterocycles. The van der Waals surface area contributed by atoms with E-state index in [1.807, 2.05) is 58.3 Å². The highest BCUT2D eigenvalue weighted by Gasteiger charge is 2.26. The number of para-hydroxylation sites is 1. The van der Waals surface area contributed by atoms with Gasteiger partial charge >= 0.3 is 6.03 Å². The molecule has 1 atom stereocenters. The van der Waals surface area contributed by atoms with Gasteiger partial charge in [0.1, 0.15) is 5.82 Å². The smallest absolute Gasteiger partial charge is 0.321 e. The second-order valence-corrected chi connectivity index (χ2v) is 8.34. The minimum absolute atomic E-state index is 0.0483. The van der Waals surface area contributed by atoms with Crippen LogP contribution in [0.1, 0.15) is 25.7 Å². The molecule has 4 rings (SSSR count). The van der Waals surface area contributed by atoms with Crippen LogP contribution in [0.5, 0.6) is 0 Å². The number of piperazine rings is 1. The Morgan fingerprint density at radius 2 is 1.71 bits per heavy atom. The quantitative estimate of drug-likeness (QED) is 0.803. The zero-order chi connectivity index (χ0) is 21.5. The highest BCUT2D eigenvalue weighted by atomic mass is 16.2. The molecule has 2 fully saturated rings. The second kappa shape index (κ2) is 10.3. The van der Waals surface area contributed by atoms with Crippen molar-refractivity contribution in [1.29, 1.82) is 0 Å². The van der Waals surface area contributed by atoms with Gasteiger partial charge in [0.25, 0.3) is 0 Å². The first-order chi connectivity index (χ1) is 15.2. The van der Waals surface area contributed by atoms with Crippen LogP contribution in [0.4, 0.5) is 16.3 Å². The van der Waals surface area contributed by atoms with E-state index in [1.54, 1.807) is 6.20 Å². The number of urea groups is 1. The molecule has 164 valence electrons. The molecule has 0 radical (unpaired) electrons. The van der Waals surface area contributed by atoms with Gasteiger partial charge in [-0.25, -0.2) is 9.78 Å². The van der Waals surface area contributed by atoms with Gasteiger partial charge in [0.2, 0.25) is 5.91 Å². The number of pyridine rings is 1. The van der Waals surface area contributed by atoms with Crippen molar-refractivity contribution in [1.82, 2.24) is 14.8 Å². The number of anilines is 2. The van der Waals surface area contributed by atoms with Crippen molar-refractivity contribution in [2.24, 2.45) is 5.92 Å². The number of nitrogens with zero attached hydrogens (tertiary/aromatic N) is 4. The molecule has 2 aliphatic heterocycles. The lowest BCUT2D eigenvalue weighted by Gasteiger charge is -2.36. The molecule has 0 bridgehead atoms. The van der Waals surface area contributed by atoms with E-state index in [0.29, 0.717) is 12.3 Å². The molecule has 0 spiro atoms. The van der Waals surface area contributed by atoms with Crippen molar-refractivity contribution in [3.8, 4) is 0 Å². The zero-order valence-corrected chi connectivity index (χ0v) is 17.9. The maximum atomic E-state index is 12.7. The fraction of sp³-hybridized carbons (Fsp3) is 0.458. The fourth-order valence-electron chi connectivity index (χ4n) is 4.42. The van der Waals surface area contributed by atoms with Gasteiger partial charge in [0.05, 0.1) is 0 Å². The van der Waals surface area contributed by atoms with Gasteiger partial charge in [0, 0.05) is 57.6 Å². The molecule has 2 aromatic rings. The van der Waals surface area contributed by atoms with Crippen molar-refractivity contribution in [2.45, 2.75) is 25.7 Å². The summed E-state index contributed by atoms with van der Waals surface area (Å²) >= 11 is 0. The molecule has 7 heteroatoms. The average Bonchev–Trinajstić information content (AvgIpc) is 2.84. The molecule has 3 heterocycles. The monoisotopic (exact) mass is 421 g/mol. The summed E-state index contributed by atoms with van der Waals surface area (Å²) in [6.45, 7) is 4.62. The summed E-state index contributed by atoms with van der Waals surface area (Å²) in [5.74, 6) is 1.59. The van der Waals surface area contributed by atoms with Crippen molar-refractivity contribution in [3.05, 3.63) is 54.7 Å². The maximum Gasteiger partial charge on any atom is 0.321 e. The van der Waals surface area contributed by atoms with Crippen LogP contribution >= 0.6 is 0 Å². The van der Waals surface area contributed by atoms with E-state index in [2.05, 4.69) is 15.2 Å². The van der Waals surface area contributed by atoms with Crippen molar-refractivity contribution >= 4 is 23.4 Å². The Labute approximate surface area is 184 Å². The molecule has 3 amide bonds. The van der Waals surface area contributed by atoms with E-state index in [9.17, 15) is 9.59 Å². The number of piperidine rings is 1. The molecule has 0 saturated carbocycles. The van der Waals surface area contributed by atoms with Gasteiger partial charge < -0.3 is 20.0 Å². The normalized spacial score (nSPS) is 19.2. The zero-order valence-electron chi connectivity index (χ0n) is 17.9. The van der Waals surface area contributed by atoms with Gasteiger partial charge in [-0.05, 0) is 49.4 Å². The second-order valence-electron chi connectivity index (χ2n) is 8.34. The predicted molar refractivity (Wildman–Crippen MR) is 122 cm³/mol. The van der Waals surface area contributed by atoms with Crippen LogP contribution in [0.25, 0.3) is 0 Å². The van der Waals surface area contributed by atoms with Crippen LogP contribution in [0.15, 0.2) is 54.7 Å². The molecule has 1 aromatic carbocycles. The number of carbonyl (C=O) groups is 2. The first kappa shape index (κ1) is 21.2. The van der Waals surface area contributed by atoms with Crippen molar-refractivity contribution in [3.63, 3.8) is 0 Å². The molecule has 0 aliphatic carbocycles. The molecular weight excluding hydrogens is 390 g/mol. The van der Waals surface area contributed by atoms with Crippen LogP contribution < -0.4 is 10.2 Å². The van der Waals surface area contributed by atoms with Gasteiger partial charge in [-0.3, -0.25) is 4.79 Å². The number of likely N-dealkylation sites (tertiary alicyclic amines) is 1. The summed E-state index contributed by atoms with van der Waals surface area (Å²) in [6, 6.07) is 15.4. The van der Waals surface area contributed by atoms with E-state index < -0.39 is 0 Å². The van der Waals surface area contributed by atoms with E-state index in [0.717, 1.165) is 70.0 Å². The molecular formula is C24H31N5O2. The molecule has 2 saturated heterocycles. The maximum absolute atomic E-state index is 12.7. The largest absolute Gasteiger partial charge is 0.353 e. The van der Waals surface area contributed by atoms with Crippen LogP contribution in [-0.4, -0.2) is 66.0 Å². The van der Waals surface area contributed by atoms with E-state index in [1.165, 1.54) is 0 Å². The highest BCUT2D eigenvalue weighted by molar-refractivity contribution is 5.89. The summed E-state index contributed by atoms with van der Waals surface area (Å²) in [4.78, 5) is 35.8. The lowest BCUT2D eigenvalue weighted by Crippen LogP contribution is -2.49. The summed E-state index contributed by atoms with van der Waals surface area (Å²) in [7, 11) is 0. The Hall–Kier alpha value is -3.09. The summed E-state index contributed by atoms with van der Waals surface area (Å²) in [5, 5.41) is 2.97. The lowest BCUT2D eigenvalue weighted by molar-refractivity contribution is -0.131.